The number of hydrogen-bond acceptors (Lipinski definition) is 0. The molecule has 1 atom stereocenters. The molecule has 2 aliphatic rings. The van der Waals surface area contributed by atoms with Crippen LogP contribution in [0.3, 0.4) is 0 Å². The molecule has 0 N–H and O–H groups in total. The summed E-state index contributed by atoms with van der Waals surface area (Å²) in [7, 11) is 0. The van der Waals surface area contributed by atoms with E-state index in [0.29, 0.717) is 5.92 Å². The maximum Gasteiger partial charge on any atom is -0.147 e. The molecule has 5 rings (SSSR count). The van der Waals surface area contributed by atoms with Crippen molar-refractivity contribution in [2.75, 3.05) is 0 Å². The van der Waals surface area contributed by atoms with E-state index < -0.39 is 18.3 Å². The van der Waals surface area contributed by atoms with Crippen molar-refractivity contribution < 1.29 is 18.3 Å². The summed E-state index contributed by atoms with van der Waals surface area (Å²) in [6.07, 6.45) is 9.74. The van der Waals surface area contributed by atoms with Gasteiger partial charge in [-0.1, -0.05) is 0 Å². The van der Waals surface area contributed by atoms with Crippen molar-refractivity contribution in [2.24, 2.45) is 5.92 Å². The molecule has 0 amide bonds. The van der Waals surface area contributed by atoms with Gasteiger partial charge in [0.05, 0.1) is 0 Å². The molecule has 0 radical (unpaired) electrons. The molecule has 1 unspecified atom stereocenters. The Balaban J connectivity index is 0.00000171. The van der Waals surface area contributed by atoms with Crippen LogP contribution in [0.5, 0.6) is 0 Å². The van der Waals surface area contributed by atoms with E-state index in [-0.39, 0.29) is 24.8 Å². The van der Waals surface area contributed by atoms with Gasteiger partial charge < -0.3 is 0 Å². The Hall–Kier alpha value is -2.05. The van der Waals surface area contributed by atoms with Gasteiger partial charge in [-0.15, -0.1) is 24.8 Å². The molecule has 0 fully saturated rings. The van der Waals surface area contributed by atoms with Gasteiger partial charge in [0.25, 0.3) is 0 Å². The van der Waals surface area contributed by atoms with E-state index in [0.717, 1.165) is 12.0 Å². The van der Waals surface area contributed by atoms with Crippen LogP contribution >= 0.6 is 24.8 Å². The van der Waals surface area contributed by atoms with Crippen LogP contribution in [0.1, 0.15) is 36.1 Å². The first-order valence-corrected chi connectivity index (χ1v) is 19.7. The Labute approximate surface area is 223 Å². The molecule has 0 saturated heterocycles. The van der Waals surface area contributed by atoms with Gasteiger partial charge in [0, 0.05) is 0 Å². The van der Waals surface area contributed by atoms with Crippen molar-refractivity contribution in [3.8, 4) is 11.1 Å². The fourth-order valence-corrected chi connectivity index (χ4v) is 20.0. The van der Waals surface area contributed by atoms with E-state index in [1.807, 2.05) is 12.2 Å². The number of halogens is 2. The quantitative estimate of drug-likeness (QED) is 0.225. The standard InChI is InChI=1S/C17H13.C7H9.C6H5.CH3.CH2.2ClH.Zr/c1-3-12-5-7-14-11-15-8-6-13(4-2)10-17(15)16(14)9-12;1-6-3-4-7(2)5-6;1-2-4-6-5-3-1;;;;;/h3-7,9-10H,1-2,11H2;3,5,7H,1-2H3;1-5H;1H3;1H2;2*1H;. The van der Waals surface area contributed by atoms with Gasteiger partial charge in [0.1, 0.15) is 0 Å². The van der Waals surface area contributed by atoms with Crippen molar-refractivity contribution in [2.45, 2.75) is 24.9 Å². The molecule has 3 aromatic carbocycles. The van der Waals surface area contributed by atoms with E-state index in [2.05, 4.69) is 104 Å². The Morgan fingerprint density at radius 2 is 1.54 bits per heavy atom. The minimum atomic E-state index is -4.17. The van der Waals surface area contributed by atoms with Gasteiger partial charge in [-0.05, 0) is 0 Å². The van der Waals surface area contributed by atoms with Crippen LogP contribution in [-0.4, -0.2) is 4.21 Å². The maximum atomic E-state index is 5.32. The van der Waals surface area contributed by atoms with Crippen LogP contribution < -0.4 is 6.54 Å². The summed E-state index contributed by atoms with van der Waals surface area (Å²) in [4.78, 5) is 0. The third-order valence-electron chi connectivity index (χ3n) is 7.99. The normalized spacial score (nSPS) is 16.2. The Morgan fingerprint density at radius 1 is 0.886 bits per heavy atom. The Morgan fingerprint density at radius 3 is 2.14 bits per heavy atom. The largest absolute Gasteiger partial charge is 0.147 e. The molecule has 0 bridgehead atoms. The minimum absolute atomic E-state index is 0. The fraction of sp³-hybridized carbons (Fsp3) is 0.156. The second-order valence-corrected chi connectivity index (χ2v) is 24.3. The smallest absolute Gasteiger partial charge is 0.147 e. The summed E-state index contributed by atoms with van der Waals surface area (Å²) in [6, 6.07) is 22.6. The molecule has 2 aliphatic carbocycles. The van der Waals surface area contributed by atoms with Gasteiger partial charge in [-0.2, -0.15) is 0 Å². The number of hydrogen-bond donors (Lipinski definition) is 0. The molecule has 180 valence electrons. The fourth-order valence-electron chi connectivity index (χ4n) is 6.25. The van der Waals surface area contributed by atoms with Crippen molar-refractivity contribution >= 4 is 47.7 Å². The average Bonchev–Trinajstić information content (AvgIpc) is 3.37. The first-order chi connectivity index (χ1) is 15.8. The van der Waals surface area contributed by atoms with Crippen molar-refractivity contribution in [1.29, 1.82) is 0 Å². The molecule has 0 aliphatic heterocycles. The van der Waals surface area contributed by atoms with Crippen LogP contribution in [0, 0.1) is 5.92 Å². The third-order valence-corrected chi connectivity index (χ3v) is 22.6. The zero-order valence-corrected chi connectivity index (χ0v) is 24.9. The third kappa shape index (κ3) is 4.17. The van der Waals surface area contributed by atoms with Crippen LogP contribution in [0.15, 0.2) is 94.8 Å². The molecule has 3 aromatic rings. The summed E-state index contributed by atoms with van der Waals surface area (Å²) in [5.41, 5.74) is 9.23. The van der Waals surface area contributed by atoms with Crippen molar-refractivity contribution in [3.63, 3.8) is 0 Å². The minimum Gasteiger partial charge on any atom is -0.147 e. The average molecular weight is 581 g/mol. The van der Waals surface area contributed by atoms with E-state index in [9.17, 15) is 0 Å². The summed E-state index contributed by atoms with van der Waals surface area (Å²) in [5, 5.41) is 0. The van der Waals surface area contributed by atoms with E-state index in [1.54, 1.807) is 3.28 Å². The molecule has 3 heteroatoms. The van der Waals surface area contributed by atoms with Crippen LogP contribution in [0.4, 0.5) is 0 Å². The SMILES string of the molecule is C=Cc1ccc2c(c1)-c1cc(C=C)c[c]([Zr](=[CH2])([CH3])([C]3=CC(C)=CC3C)[c]3ccccc3)c1C2.Cl.Cl. The summed E-state index contributed by atoms with van der Waals surface area (Å²) >= 11 is -4.17. The molecule has 0 heterocycles. The molecule has 0 nitrogen and oxygen atoms in total. The van der Waals surface area contributed by atoms with Crippen LogP contribution in [0.2, 0.25) is 4.63 Å². The van der Waals surface area contributed by atoms with Gasteiger partial charge >= 0.3 is 200 Å². The first kappa shape index (κ1) is 27.5. The molecular formula is C32H34Cl2Zr. The van der Waals surface area contributed by atoms with Crippen molar-refractivity contribution in [1.82, 2.24) is 0 Å². The number of benzene rings is 3. The Bertz CT molecular complexity index is 1460. The topological polar surface area (TPSA) is 0 Å². The zero-order chi connectivity index (χ0) is 23.4. The van der Waals surface area contributed by atoms with E-state index in [4.69, 9.17) is 4.21 Å². The second kappa shape index (κ2) is 9.78. The van der Waals surface area contributed by atoms with Gasteiger partial charge in [0.15, 0.2) is 0 Å². The predicted octanol–water partition coefficient (Wildman–Crippen LogP) is 7.99. The number of fused-ring (bicyclic) bond motifs is 3. The number of allylic oxidation sites excluding steroid dienone is 4. The zero-order valence-electron chi connectivity index (χ0n) is 20.8. The number of rotatable bonds is 5. The van der Waals surface area contributed by atoms with E-state index in [1.165, 1.54) is 39.9 Å². The van der Waals surface area contributed by atoms with Crippen LogP contribution in [0.25, 0.3) is 23.3 Å². The first-order valence-electron chi connectivity index (χ1n) is 11.8. The molecular weight excluding hydrogens is 546 g/mol. The summed E-state index contributed by atoms with van der Waals surface area (Å²) < 4.78 is 12.3. The van der Waals surface area contributed by atoms with Gasteiger partial charge in [-0.3, -0.25) is 0 Å². The summed E-state index contributed by atoms with van der Waals surface area (Å²) in [5.74, 6) is 0.400. The molecule has 0 aromatic heterocycles. The summed E-state index contributed by atoms with van der Waals surface area (Å²) in [6.45, 7) is 12.7. The Kier molecular flexibility index (Phi) is 7.69. The second-order valence-electron chi connectivity index (χ2n) is 10.3. The molecule has 35 heavy (non-hydrogen) atoms. The van der Waals surface area contributed by atoms with E-state index >= 15 is 0 Å². The monoisotopic (exact) mass is 578 g/mol. The maximum absolute atomic E-state index is 5.32. The molecule has 0 spiro atoms. The van der Waals surface area contributed by atoms with Crippen molar-refractivity contribution in [3.05, 3.63) is 117 Å². The van der Waals surface area contributed by atoms with Gasteiger partial charge in [0.2, 0.25) is 0 Å². The van der Waals surface area contributed by atoms with Crippen LogP contribution in [-0.2, 0) is 24.7 Å². The van der Waals surface area contributed by atoms with Gasteiger partial charge in [-0.25, -0.2) is 0 Å². The predicted molar refractivity (Wildman–Crippen MR) is 159 cm³/mol. The molecule has 0 saturated carbocycles.